The minimum Gasteiger partial charge on any atom is -0.490 e. The third-order valence-corrected chi connectivity index (χ3v) is 3.50. The Labute approximate surface area is 114 Å². The van der Waals surface area contributed by atoms with Gasteiger partial charge in [0.1, 0.15) is 38.1 Å². The van der Waals surface area contributed by atoms with E-state index >= 15 is 0 Å². The predicted octanol–water partition coefficient (Wildman–Crippen LogP) is -0.0418. The van der Waals surface area contributed by atoms with Gasteiger partial charge in [-0.1, -0.05) is 12.1 Å². The van der Waals surface area contributed by atoms with Gasteiger partial charge in [-0.15, -0.1) is 0 Å². The van der Waals surface area contributed by atoms with Crippen molar-refractivity contribution < 1.29 is 19.5 Å². The van der Waals surface area contributed by atoms with Gasteiger partial charge in [-0.2, -0.15) is 0 Å². The van der Waals surface area contributed by atoms with Crippen molar-refractivity contribution in [3.05, 3.63) is 29.3 Å². The van der Waals surface area contributed by atoms with Crippen molar-refractivity contribution in [2.24, 2.45) is 0 Å². The summed E-state index contributed by atoms with van der Waals surface area (Å²) in [6.07, 6.45) is -0.423. The monoisotopic (exact) mass is 266 g/mol. The van der Waals surface area contributed by atoms with Gasteiger partial charge in [0, 0.05) is 0 Å². The molecule has 0 aliphatic carbocycles. The number of aryl methyl sites for hydroxylation is 2. The highest BCUT2D eigenvalue weighted by Crippen LogP contribution is 2.19. The number of aliphatic hydroxyl groups excluding tert-OH is 1. The Kier molecular flexibility index (Phi) is 5.19. The summed E-state index contributed by atoms with van der Waals surface area (Å²) >= 11 is 0. The first-order chi connectivity index (χ1) is 9.15. The quantitative estimate of drug-likeness (QED) is 0.786. The van der Waals surface area contributed by atoms with Crippen LogP contribution in [0.25, 0.3) is 0 Å². The van der Waals surface area contributed by atoms with Crippen molar-refractivity contribution >= 4 is 0 Å². The van der Waals surface area contributed by atoms with Crippen molar-refractivity contribution in [2.75, 3.05) is 39.5 Å². The van der Waals surface area contributed by atoms with Crippen molar-refractivity contribution in [1.29, 1.82) is 0 Å². The predicted molar refractivity (Wildman–Crippen MR) is 73.8 cm³/mol. The SMILES string of the molecule is Cc1ccc(C)c(OC[C@@H](O)C[NH+]2CCOCC2)c1. The summed E-state index contributed by atoms with van der Waals surface area (Å²) in [5, 5.41) is 10.0. The zero-order chi connectivity index (χ0) is 13.7. The Hall–Kier alpha value is -1.10. The molecule has 0 radical (unpaired) electrons. The Bertz CT molecular complexity index is 402. The second kappa shape index (κ2) is 6.89. The fraction of sp³-hybridized carbons (Fsp3) is 0.600. The number of morpholine rings is 1. The van der Waals surface area contributed by atoms with Gasteiger partial charge < -0.3 is 19.5 Å². The Morgan fingerprint density at radius 3 is 2.79 bits per heavy atom. The number of quaternary nitrogens is 1. The molecule has 0 spiro atoms. The molecule has 0 bridgehead atoms. The van der Waals surface area contributed by atoms with Gasteiger partial charge in [0.25, 0.3) is 0 Å². The highest BCUT2D eigenvalue weighted by Gasteiger charge is 2.18. The van der Waals surface area contributed by atoms with Crippen LogP contribution in [0, 0.1) is 13.8 Å². The first-order valence-corrected chi connectivity index (χ1v) is 6.94. The average molecular weight is 266 g/mol. The normalized spacial score (nSPS) is 18.3. The van der Waals surface area contributed by atoms with Gasteiger partial charge in [-0.3, -0.25) is 0 Å². The van der Waals surface area contributed by atoms with E-state index in [-0.39, 0.29) is 0 Å². The first-order valence-electron chi connectivity index (χ1n) is 6.94. The molecule has 1 aromatic rings. The molecule has 1 aliphatic heterocycles. The molecule has 4 nitrogen and oxygen atoms in total. The summed E-state index contributed by atoms with van der Waals surface area (Å²) in [7, 11) is 0. The molecule has 1 aromatic carbocycles. The molecular formula is C15H24NO3+. The number of hydrogen-bond donors (Lipinski definition) is 2. The fourth-order valence-corrected chi connectivity index (χ4v) is 2.31. The summed E-state index contributed by atoms with van der Waals surface area (Å²) in [4.78, 5) is 1.39. The molecular weight excluding hydrogens is 242 g/mol. The zero-order valence-electron chi connectivity index (χ0n) is 11.8. The third kappa shape index (κ3) is 4.49. The van der Waals surface area contributed by atoms with Crippen LogP contribution in [0.15, 0.2) is 18.2 Å². The fourth-order valence-electron chi connectivity index (χ4n) is 2.31. The van der Waals surface area contributed by atoms with Crippen LogP contribution < -0.4 is 9.64 Å². The number of nitrogens with one attached hydrogen (secondary N) is 1. The van der Waals surface area contributed by atoms with Crippen LogP contribution in [0.3, 0.4) is 0 Å². The summed E-state index contributed by atoms with van der Waals surface area (Å²) in [6, 6.07) is 6.13. The van der Waals surface area contributed by atoms with Crippen molar-refractivity contribution in [1.82, 2.24) is 0 Å². The van der Waals surface area contributed by atoms with E-state index in [0.717, 1.165) is 44.2 Å². The molecule has 0 saturated carbocycles. The van der Waals surface area contributed by atoms with Gasteiger partial charge in [0.05, 0.1) is 13.2 Å². The summed E-state index contributed by atoms with van der Waals surface area (Å²) in [5.74, 6) is 0.871. The van der Waals surface area contributed by atoms with E-state index in [1.165, 1.54) is 10.5 Å². The molecule has 2 N–H and O–H groups in total. The maximum absolute atomic E-state index is 10.0. The molecule has 1 fully saturated rings. The average Bonchev–Trinajstić information content (AvgIpc) is 2.41. The molecule has 4 heteroatoms. The second-order valence-corrected chi connectivity index (χ2v) is 5.30. The zero-order valence-corrected chi connectivity index (χ0v) is 11.8. The van der Waals surface area contributed by atoms with E-state index in [1.54, 1.807) is 0 Å². The van der Waals surface area contributed by atoms with Crippen LogP contribution in [0.1, 0.15) is 11.1 Å². The van der Waals surface area contributed by atoms with Gasteiger partial charge in [0.2, 0.25) is 0 Å². The Morgan fingerprint density at radius 2 is 2.05 bits per heavy atom. The molecule has 1 atom stereocenters. The van der Waals surface area contributed by atoms with E-state index < -0.39 is 6.10 Å². The van der Waals surface area contributed by atoms with Crippen LogP contribution in [0.5, 0.6) is 5.75 Å². The smallest absolute Gasteiger partial charge is 0.137 e. The third-order valence-electron chi connectivity index (χ3n) is 3.50. The summed E-state index contributed by atoms with van der Waals surface area (Å²) < 4.78 is 11.0. The minimum absolute atomic E-state index is 0.356. The van der Waals surface area contributed by atoms with E-state index in [2.05, 4.69) is 6.07 Å². The lowest BCUT2D eigenvalue weighted by molar-refractivity contribution is -0.911. The van der Waals surface area contributed by atoms with Crippen LogP contribution in [-0.2, 0) is 4.74 Å². The molecule has 2 rings (SSSR count). The molecule has 1 heterocycles. The van der Waals surface area contributed by atoms with Gasteiger partial charge in [-0.25, -0.2) is 0 Å². The Morgan fingerprint density at radius 1 is 1.32 bits per heavy atom. The van der Waals surface area contributed by atoms with Crippen LogP contribution in [-0.4, -0.2) is 50.7 Å². The van der Waals surface area contributed by atoms with Gasteiger partial charge in [-0.05, 0) is 31.0 Å². The molecule has 19 heavy (non-hydrogen) atoms. The van der Waals surface area contributed by atoms with Gasteiger partial charge in [0.15, 0.2) is 0 Å². The number of rotatable bonds is 5. The first kappa shape index (κ1) is 14.3. The molecule has 0 unspecified atom stereocenters. The molecule has 1 saturated heterocycles. The molecule has 0 amide bonds. The lowest BCUT2D eigenvalue weighted by atomic mass is 10.1. The maximum atomic E-state index is 10.0. The van der Waals surface area contributed by atoms with E-state index in [0.29, 0.717) is 6.61 Å². The standard InChI is InChI=1S/C15H23NO3/c1-12-3-4-13(2)15(9-12)19-11-14(17)10-16-5-7-18-8-6-16/h3-4,9,14,17H,5-8,10-11H2,1-2H3/p+1/t14-/m0/s1. The number of aliphatic hydroxyl groups is 1. The highest BCUT2D eigenvalue weighted by atomic mass is 16.5. The van der Waals surface area contributed by atoms with E-state index in [4.69, 9.17) is 9.47 Å². The topological polar surface area (TPSA) is 43.1 Å². The lowest BCUT2D eigenvalue weighted by Gasteiger charge is -2.25. The van der Waals surface area contributed by atoms with Crippen molar-refractivity contribution in [3.63, 3.8) is 0 Å². The molecule has 106 valence electrons. The summed E-state index contributed by atoms with van der Waals surface area (Å²) in [5.41, 5.74) is 2.28. The Balaban J connectivity index is 1.79. The highest BCUT2D eigenvalue weighted by molar-refractivity contribution is 5.35. The van der Waals surface area contributed by atoms with E-state index in [1.807, 2.05) is 26.0 Å². The minimum atomic E-state index is -0.423. The summed E-state index contributed by atoms with van der Waals surface area (Å²) in [6.45, 7) is 8.68. The van der Waals surface area contributed by atoms with Crippen molar-refractivity contribution in [2.45, 2.75) is 20.0 Å². The lowest BCUT2D eigenvalue weighted by Crippen LogP contribution is -3.15. The number of benzene rings is 1. The number of ether oxygens (including phenoxy) is 2. The molecule has 0 aromatic heterocycles. The largest absolute Gasteiger partial charge is 0.490 e. The van der Waals surface area contributed by atoms with Crippen LogP contribution in [0.4, 0.5) is 0 Å². The molecule has 1 aliphatic rings. The van der Waals surface area contributed by atoms with Gasteiger partial charge >= 0.3 is 0 Å². The van der Waals surface area contributed by atoms with E-state index in [9.17, 15) is 5.11 Å². The van der Waals surface area contributed by atoms with Crippen molar-refractivity contribution in [3.8, 4) is 5.75 Å². The second-order valence-electron chi connectivity index (χ2n) is 5.30. The van der Waals surface area contributed by atoms with Crippen LogP contribution >= 0.6 is 0 Å². The number of hydrogen-bond acceptors (Lipinski definition) is 3. The van der Waals surface area contributed by atoms with Crippen LogP contribution in [0.2, 0.25) is 0 Å². The maximum Gasteiger partial charge on any atom is 0.137 e.